The average Bonchev–Trinajstić information content (AvgIpc) is 2.43. The van der Waals surface area contributed by atoms with Crippen LogP contribution in [-0.4, -0.2) is 31.5 Å². The minimum absolute atomic E-state index is 0.168. The van der Waals surface area contributed by atoms with Gasteiger partial charge in [0.2, 0.25) is 0 Å². The lowest BCUT2D eigenvalue weighted by molar-refractivity contribution is -0.0714. The van der Waals surface area contributed by atoms with Crippen LogP contribution in [0.1, 0.15) is 30.6 Å². The third-order valence-corrected chi connectivity index (χ3v) is 3.70. The molecule has 1 heterocycles. The van der Waals surface area contributed by atoms with E-state index in [1.807, 2.05) is 19.1 Å². The van der Waals surface area contributed by atoms with E-state index in [2.05, 4.69) is 12.1 Å². The molecule has 1 N–H and O–H groups in total. The Morgan fingerprint density at radius 3 is 3.00 bits per heavy atom. The molecule has 0 aliphatic carbocycles. The number of aliphatic hydroxyl groups is 1. The molecule has 0 bridgehead atoms. The molecule has 18 heavy (non-hydrogen) atoms. The van der Waals surface area contributed by atoms with E-state index in [1.54, 1.807) is 7.11 Å². The van der Waals surface area contributed by atoms with E-state index >= 15 is 0 Å². The van der Waals surface area contributed by atoms with E-state index in [4.69, 9.17) is 9.47 Å². The Hall–Kier alpha value is -0.900. The van der Waals surface area contributed by atoms with Crippen molar-refractivity contribution in [2.45, 2.75) is 32.0 Å². The molecule has 0 saturated carbocycles. The van der Waals surface area contributed by atoms with Crippen molar-refractivity contribution in [3.05, 3.63) is 35.4 Å². The molecule has 0 amide bonds. The van der Waals surface area contributed by atoms with Gasteiger partial charge in [-0.05, 0) is 29.9 Å². The summed E-state index contributed by atoms with van der Waals surface area (Å²) in [4.78, 5) is 0. The Balaban J connectivity index is 2.09. The van der Waals surface area contributed by atoms with Crippen molar-refractivity contribution >= 4 is 0 Å². The molecule has 3 atom stereocenters. The Kier molecular flexibility index (Phi) is 4.75. The van der Waals surface area contributed by atoms with E-state index < -0.39 is 6.10 Å². The molecule has 0 fully saturated rings. The van der Waals surface area contributed by atoms with Gasteiger partial charge in [-0.1, -0.05) is 31.2 Å². The molecule has 100 valence electrons. The number of hydrogen-bond acceptors (Lipinski definition) is 3. The highest BCUT2D eigenvalue weighted by atomic mass is 16.5. The molecule has 0 aromatic heterocycles. The average molecular weight is 250 g/mol. The molecular formula is C15H22O3. The zero-order valence-corrected chi connectivity index (χ0v) is 11.1. The summed E-state index contributed by atoms with van der Waals surface area (Å²) in [6.45, 7) is 3.41. The van der Waals surface area contributed by atoms with Crippen LogP contribution in [0.25, 0.3) is 0 Å². The van der Waals surface area contributed by atoms with Gasteiger partial charge in [0.15, 0.2) is 0 Å². The second-order valence-electron chi connectivity index (χ2n) is 4.99. The monoisotopic (exact) mass is 250 g/mol. The fourth-order valence-electron chi connectivity index (χ4n) is 2.48. The van der Waals surface area contributed by atoms with Gasteiger partial charge in [-0.25, -0.2) is 0 Å². The molecular weight excluding hydrogens is 228 g/mol. The Morgan fingerprint density at radius 2 is 2.22 bits per heavy atom. The van der Waals surface area contributed by atoms with Crippen LogP contribution < -0.4 is 0 Å². The number of fused-ring (bicyclic) bond motifs is 1. The molecule has 1 aromatic carbocycles. The fraction of sp³-hybridized carbons (Fsp3) is 0.600. The first-order valence-corrected chi connectivity index (χ1v) is 6.60. The SMILES string of the molecule is COCCC(C)C(O)C1OCCc2ccccc21. The van der Waals surface area contributed by atoms with Gasteiger partial charge in [0.25, 0.3) is 0 Å². The fourth-order valence-corrected chi connectivity index (χ4v) is 2.48. The van der Waals surface area contributed by atoms with Crippen LogP contribution in [-0.2, 0) is 15.9 Å². The van der Waals surface area contributed by atoms with Crippen LogP contribution in [0.5, 0.6) is 0 Å². The van der Waals surface area contributed by atoms with E-state index in [9.17, 15) is 5.11 Å². The number of benzene rings is 1. The number of rotatable bonds is 5. The Morgan fingerprint density at radius 1 is 1.44 bits per heavy atom. The first-order valence-electron chi connectivity index (χ1n) is 6.60. The second kappa shape index (κ2) is 6.32. The van der Waals surface area contributed by atoms with Crippen molar-refractivity contribution in [1.82, 2.24) is 0 Å². The van der Waals surface area contributed by atoms with Crippen LogP contribution in [0.3, 0.4) is 0 Å². The highest BCUT2D eigenvalue weighted by molar-refractivity contribution is 5.31. The van der Waals surface area contributed by atoms with E-state index in [0.717, 1.165) is 18.4 Å². The molecule has 1 aromatic rings. The van der Waals surface area contributed by atoms with Crippen LogP contribution >= 0.6 is 0 Å². The highest BCUT2D eigenvalue weighted by Crippen LogP contribution is 2.33. The summed E-state index contributed by atoms with van der Waals surface area (Å²) in [7, 11) is 1.69. The summed E-state index contributed by atoms with van der Waals surface area (Å²) in [6.07, 6.45) is 1.12. The first kappa shape index (κ1) is 13.5. The number of methoxy groups -OCH3 is 1. The molecule has 0 saturated heterocycles. The molecule has 0 radical (unpaired) electrons. The van der Waals surface area contributed by atoms with Gasteiger partial charge in [-0.3, -0.25) is 0 Å². The maximum atomic E-state index is 10.4. The van der Waals surface area contributed by atoms with Gasteiger partial charge in [-0.15, -0.1) is 0 Å². The predicted molar refractivity (Wildman–Crippen MR) is 70.5 cm³/mol. The summed E-state index contributed by atoms with van der Waals surface area (Å²) < 4.78 is 10.8. The summed E-state index contributed by atoms with van der Waals surface area (Å²) in [6, 6.07) is 8.23. The van der Waals surface area contributed by atoms with Gasteiger partial charge in [0.1, 0.15) is 6.10 Å². The van der Waals surface area contributed by atoms with Crippen LogP contribution in [0.15, 0.2) is 24.3 Å². The molecule has 0 spiro atoms. The summed E-state index contributed by atoms with van der Waals surface area (Å²) in [5.74, 6) is 0.168. The van der Waals surface area contributed by atoms with Gasteiger partial charge < -0.3 is 14.6 Å². The molecule has 1 aliphatic rings. The lowest BCUT2D eigenvalue weighted by atomic mass is 9.88. The normalized spacial score (nSPS) is 22.3. The third kappa shape index (κ3) is 2.91. The summed E-state index contributed by atoms with van der Waals surface area (Å²) in [5.41, 5.74) is 2.44. The molecule has 3 nitrogen and oxygen atoms in total. The van der Waals surface area contributed by atoms with Crippen LogP contribution in [0, 0.1) is 5.92 Å². The number of aliphatic hydroxyl groups excluding tert-OH is 1. The van der Waals surface area contributed by atoms with E-state index in [1.165, 1.54) is 5.56 Å². The highest BCUT2D eigenvalue weighted by Gasteiger charge is 2.30. The van der Waals surface area contributed by atoms with Gasteiger partial charge in [0.05, 0.1) is 12.7 Å². The van der Waals surface area contributed by atoms with Crippen molar-refractivity contribution in [2.75, 3.05) is 20.3 Å². The predicted octanol–water partition coefficient (Wildman–Crippen LogP) is 2.33. The Bertz CT molecular complexity index is 378. The zero-order chi connectivity index (χ0) is 13.0. The topological polar surface area (TPSA) is 38.7 Å². The molecule has 1 aliphatic heterocycles. The van der Waals surface area contributed by atoms with Crippen molar-refractivity contribution < 1.29 is 14.6 Å². The first-order chi connectivity index (χ1) is 8.74. The minimum atomic E-state index is -0.471. The largest absolute Gasteiger partial charge is 0.390 e. The molecule has 3 unspecified atom stereocenters. The second-order valence-corrected chi connectivity index (χ2v) is 4.99. The van der Waals surface area contributed by atoms with Crippen molar-refractivity contribution in [2.24, 2.45) is 5.92 Å². The lowest BCUT2D eigenvalue weighted by Gasteiger charge is -2.32. The minimum Gasteiger partial charge on any atom is -0.390 e. The van der Waals surface area contributed by atoms with Gasteiger partial charge >= 0.3 is 0 Å². The van der Waals surface area contributed by atoms with Crippen LogP contribution in [0.2, 0.25) is 0 Å². The smallest absolute Gasteiger partial charge is 0.109 e. The van der Waals surface area contributed by atoms with Crippen molar-refractivity contribution in [3.8, 4) is 0 Å². The maximum absolute atomic E-state index is 10.4. The van der Waals surface area contributed by atoms with Crippen LogP contribution in [0.4, 0.5) is 0 Å². The summed E-state index contributed by atoms with van der Waals surface area (Å²) in [5, 5.41) is 10.4. The molecule has 2 rings (SSSR count). The van der Waals surface area contributed by atoms with Gasteiger partial charge in [0, 0.05) is 13.7 Å². The molecule has 3 heteroatoms. The quantitative estimate of drug-likeness (QED) is 0.871. The number of ether oxygens (including phenoxy) is 2. The maximum Gasteiger partial charge on any atom is 0.109 e. The standard InChI is InChI=1S/C15H22O3/c1-11(7-9-17-2)14(16)15-13-6-4-3-5-12(13)8-10-18-15/h3-6,11,14-16H,7-10H2,1-2H3. The van der Waals surface area contributed by atoms with E-state index in [0.29, 0.717) is 13.2 Å². The lowest BCUT2D eigenvalue weighted by Crippen LogP contribution is -2.32. The van der Waals surface area contributed by atoms with E-state index in [-0.39, 0.29) is 12.0 Å². The third-order valence-electron chi connectivity index (χ3n) is 3.70. The Labute approximate surface area is 109 Å². The van der Waals surface area contributed by atoms with Crippen molar-refractivity contribution in [1.29, 1.82) is 0 Å². The number of hydrogen-bond donors (Lipinski definition) is 1. The zero-order valence-electron chi connectivity index (χ0n) is 11.1. The summed E-state index contributed by atoms with van der Waals surface area (Å²) >= 11 is 0. The van der Waals surface area contributed by atoms with Gasteiger partial charge in [-0.2, -0.15) is 0 Å². The van der Waals surface area contributed by atoms with Crippen molar-refractivity contribution in [3.63, 3.8) is 0 Å².